The molecule has 0 N–H and O–H groups in total. The summed E-state index contributed by atoms with van der Waals surface area (Å²) in [4.78, 5) is 12.9. The molecule has 144 valence electrons. The van der Waals surface area contributed by atoms with Gasteiger partial charge in [0.25, 0.3) is 15.9 Å². The van der Waals surface area contributed by atoms with Crippen LogP contribution in [-0.2, 0) is 23.0 Å². The van der Waals surface area contributed by atoms with Gasteiger partial charge < -0.3 is 14.2 Å². The third kappa shape index (κ3) is 2.99. The highest BCUT2D eigenvalue weighted by atomic mass is 32.2. The molecule has 0 saturated carbocycles. The second kappa shape index (κ2) is 7.11. The normalized spacial score (nSPS) is 13.5. The fraction of sp³-hybridized carbons (Fsp3) is 0.316. The molecule has 0 radical (unpaired) electrons. The Kier molecular flexibility index (Phi) is 5.01. The molecule has 0 spiro atoms. The van der Waals surface area contributed by atoms with Crippen LogP contribution in [0.1, 0.15) is 28.4 Å². The van der Waals surface area contributed by atoms with Crippen LogP contribution in [0.5, 0.6) is 17.2 Å². The third-order valence-corrected chi connectivity index (χ3v) is 6.35. The van der Waals surface area contributed by atoms with E-state index in [1.54, 1.807) is 12.1 Å². The highest BCUT2D eigenvalue weighted by Gasteiger charge is 2.40. The average molecular weight is 391 g/mol. The summed E-state index contributed by atoms with van der Waals surface area (Å²) in [5.41, 5.74) is 1.69. The summed E-state index contributed by atoms with van der Waals surface area (Å²) in [6, 6.07) is 8.00. The second-order valence-corrected chi connectivity index (χ2v) is 7.85. The van der Waals surface area contributed by atoms with Crippen molar-refractivity contribution in [1.29, 1.82) is 0 Å². The van der Waals surface area contributed by atoms with Gasteiger partial charge in [-0.15, -0.1) is 0 Å². The predicted molar refractivity (Wildman–Crippen MR) is 99.0 cm³/mol. The maximum atomic E-state index is 13.0. The fourth-order valence-electron chi connectivity index (χ4n) is 3.13. The van der Waals surface area contributed by atoms with Crippen molar-refractivity contribution in [2.45, 2.75) is 24.8 Å². The molecule has 0 unspecified atom stereocenters. The zero-order valence-corrected chi connectivity index (χ0v) is 16.4. The van der Waals surface area contributed by atoms with Crippen LogP contribution in [0, 0.1) is 0 Å². The third-order valence-electron chi connectivity index (χ3n) is 4.61. The molecule has 27 heavy (non-hydrogen) atoms. The molecule has 0 saturated heterocycles. The van der Waals surface area contributed by atoms with Crippen LogP contribution < -0.4 is 14.2 Å². The van der Waals surface area contributed by atoms with Crippen molar-refractivity contribution >= 4 is 15.9 Å². The minimum absolute atomic E-state index is 0.0683. The monoisotopic (exact) mass is 391 g/mol. The maximum Gasteiger partial charge on any atom is 0.268 e. The van der Waals surface area contributed by atoms with Gasteiger partial charge in [0.15, 0.2) is 11.5 Å². The molecule has 0 fully saturated rings. The number of hydrogen-bond donors (Lipinski definition) is 0. The summed E-state index contributed by atoms with van der Waals surface area (Å²) in [6.45, 7) is 1.85. The van der Waals surface area contributed by atoms with Crippen molar-refractivity contribution < 1.29 is 27.4 Å². The Morgan fingerprint density at radius 1 is 1.00 bits per heavy atom. The predicted octanol–water partition coefficient (Wildman–Crippen LogP) is 2.62. The number of carbonyl (C=O) groups excluding carboxylic acids is 1. The first kappa shape index (κ1) is 19.0. The average Bonchev–Trinajstić information content (AvgIpc) is 3.03. The summed E-state index contributed by atoms with van der Waals surface area (Å²) >= 11 is 0. The van der Waals surface area contributed by atoms with Crippen molar-refractivity contribution in [3.8, 4) is 17.2 Å². The molecule has 1 aliphatic heterocycles. The van der Waals surface area contributed by atoms with Crippen LogP contribution in [0.15, 0.2) is 35.2 Å². The number of hydrogen-bond acceptors (Lipinski definition) is 6. The van der Waals surface area contributed by atoms with Crippen molar-refractivity contribution in [1.82, 2.24) is 4.31 Å². The van der Waals surface area contributed by atoms with Gasteiger partial charge in [0.2, 0.25) is 5.75 Å². The SMILES string of the molecule is CCc1ccc(S(=O)(=O)N2Cc3c(cc(OC)c(OC)c3OC)C2=O)cc1. The zero-order valence-electron chi connectivity index (χ0n) is 15.6. The standard InChI is InChI=1S/C19H21NO6S/c1-5-12-6-8-13(9-7-12)27(22,23)20-11-15-14(19(20)21)10-16(24-2)18(26-4)17(15)25-3/h6-10H,5,11H2,1-4H3. The Bertz CT molecular complexity index is 982. The molecular weight excluding hydrogens is 370 g/mol. The lowest BCUT2D eigenvalue weighted by Crippen LogP contribution is -2.31. The van der Waals surface area contributed by atoms with Crippen LogP contribution >= 0.6 is 0 Å². The number of fused-ring (bicyclic) bond motifs is 1. The van der Waals surface area contributed by atoms with Gasteiger partial charge in [-0.25, -0.2) is 12.7 Å². The smallest absolute Gasteiger partial charge is 0.268 e. The van der Waals surface area contributed by atoms with Crippen molar-refractivity contribution in [2.24, 2.45) is 0 Å². The summed E-state index contributed by atoms with van der Waals surface area (Å²) in [6.07, 6.45) is 0.797. The zero-order chi connectivity index (χ0) is 19.8. The first-order valence-corrected chi connectivity index (χ1v) is 9.80. The first-order valence-electron chi connectivity index (χ1n) is 8.36. The number of benzene rings is 2. The lowest BCUT2D eigenvalue weighted by atomic mass is 10.1. The van der Waals surface area contributed by atoms with Gasteiger partial charge >= 0.3 is 0 Å². The quantitative estimate of drug-likeness (QED) is 0.753. The van der Waals surface area contributed by atoms with E-state index in [0.717, 1.165) is 16.3 Å². The minimum atomic E-state index is -4.00. The molecular formula is C19H21NO6S. The van der Waals surface area contributed by atoms with Crippen molar-refractivity contribution in [2.75, 3.05) is 21.3 Å². The summed E-state index contributed by atoms with van der Waals surface area (Å²) in [5.74, 6) is 0.286. The Labute approximate surface area is 158 Å². The van der Waals surface area contributed by atoms with Crippen LogP contribution in [0.4, 0.5) is 0 Å². The highest BCUT2D eigenvalue weighted by molar-refractivity contribution is 7.89. The van der Waals surface area contributed by atoms with E-state index < -0.39 is 15.9 Å². The van der Waals surface area contributed by atoms with Gasteiger partial charge in [-0.1, -0.05) is 19.1 Å². The largest absolute Gasteiger partial charge is 0.493 e. The van der Waals surface area contributed by atoms with Gasteiger partial charge in [0, 0.05) is 5.56 Å². The van der Waals surface area contributed by atoms with E-state index in [9.17, 15) is 13.2 Å². The van der Waals surface area contributed by atoms with Gasteiger partial charge in [-0.2, -0.15) is 0 Å². The van der Waals surface area contributed by atoms with Crippen molar-refractivity contribution in [3.63, 3.8) is 0 Å². The molecule has 7 nitrogen and oxygen atoms in total. The summed E-state index contributed by atoms with van der Waals surface area (Å²) < 4.78 is 42.9. The number of nitrogens with zero attached hydrogens (tertiary/aromatic N) is 1. The molecule has 2 aromatic rings. The number of ether oxygens (including phenoxy) is 3. The molecule has 0 atom stereocenters. The van der Waals surface area contributed by atoms with Crippen LogP contribution in [0.3, 0.4) is 0 Å². The number of sulfonamides is 1. The van der Waals surface area contributed by atoms with Gasteiger partial charge in [-0.05, 0) is 30.2 Å². The van der Waals surface area contributed by atoms with E-state index in [1.165, 1.54) is 39.5 Å². The second-order valence-electron chi connectivity index (χ2n) is 5.99. The maximum absolute atomic E-state index is 13.0. The molecule has 0 aliphatic carbocycles. The molecule has 1 heterocycles. The molecule has 1 amide bonds. The van der Waals surface area contributed by atoms with Crippen LogP contribution in [0.25, 0.3) is 0 Å². The van der Waals surface area contributed by atoms with Gasteiger partial charge in [0.1, 0.15) is 0 Å². The van der Waals surface area contributed by atoms with E-state index in [4.69, 9.17) is 14.2 Å². The van der Waals surface area contributed by atoms with E-state index in [2.05, 4.69) is 0 Å². The van der Waals surface area contributed by atoms with E-state index in [1.807, 2.05) is 6.92 Å². The number of methoxy groups -OCH3 is 3. The summed E-state index contributed by atoms with van der Waals surface area (Å²) in [7, 11) is 0.324. The number of aryl methyl sites for hydroxylation is 1. The minimum Gasteiger partial charge on any atom is -0.493 e. The number of amides is 1. The summed E-state index contributed by atoms with van der Waals surface area (Å²) in [5, 5.41) is 0. The lowest BCUT2D eigenvalue weighted by molar-refractivity contribution is 0.0879. The van der Waals surface area contributed by atoms with E-state index >= 15 is 0 Å². The van der Waals surface area contributed by atoms with Crippen LogP contribution in [-0.4, -0.2) is 40.0 Å². The number of carbonyl (C=O) groups is 1. The fourth-order valence-corrected chi connectivity index (χ4v) is 4.48. The molecule has 1 aliphatic rings. The molecule has 2 aromatic carbocycles. The van der Waals surface area contributed by atoms with Gasteiger partial charge in [0.05, 0.1) is 38.3 Å². The topological polar surface area (TPSA) is 82.1 Å². The molecule has 3 rings (SSSR count). The molecule has 0 bridgehead atoms. The Morgan fingerprint density at radius 2 is 1.63 bits per heavy atom. The molecule has 8 heteroatoms. The van der Waals surface area contributed by atoms with Gasteiger partial charge in [-0.3, -0.25) is 4.79 Å². The van der Waals surface area contributed by atoms with E-state index in [-0.39, 0.29) is 17.0 Å². The first-order chi connectivity index (χ1) is 12.9. The van der Waals surface area contributed by atoms with Crippen molar-refractivity contribution in [3.05, 3.63) is 47.0 Å². The Balaban J connectivity index is 2.08. The number of rotatable bonds is 6. The van der Waals surface area contributed by atoms with Crippen LogP contribution in [0.2, 0.25) is 0 Å². The highest BCUT2D eigenvalue weighted by Crippen LogP contribution is 2.45. The molecule has 0 aromatic heterocycles. The Hall–Kier alpha value is -2.74. The Morgan fingerprint density at radius 3 is 2.15 bits per heavy atom. The van der Waals surface area contributed by atoms with E-state index in [0.29, 0.717) is 22.8 Å². The lowest BCUT2D eigenvalue weighted by Gasteiger charge is -2.16.